The summed E-state index contributed by atoms with van der Waals surface area (Å²) in [4.78, 5) is 12.5. The highest BCUT2D eigenvalue weighted by Crippen LogP contribution is 2.21. The Morgan fingerprint density at radius 1 is 1.30 bits per heavy atom. The number of aliphatic hydroxyl groups excluding tert-OH is 1. The molecule has 2 aromatic rings. The molecule has 124 valence electrons. The number of nitrogens with one attached hydrogen (secondary N) is 1. The zero-order valence-electron chi connectivity index (χ0n) is 13.8. The minimum absolute atomic E-state index is 0.115. The minimum Gasteiger partial charge on any atom is -0.396 e. The molecule has 0 aliphatic carbocycles. The van der Waals surface area contributed by atoms with Crippen molar-refractivity contribution in [3.8, 4) is 11.3 Å². The fourth-order valence-corrected chi connectivity index (χ4v) is 2.74. The minimum atomic E-state index is -0.115. The second-order valence-electron chi connectivity index (χ2n) is 5.81. The predicted molar refractivity (Wildman–Crippen MR) is 91.1 cm³/mol. The number of carbonyl (C=O) groups excluding carboxylic acids is 1. The van der Waals surface area contributed by atoms with E-state index in [1.54, 1.807) is 10.9 Å². The van der Waals surface area contributed by atoms with Gasteiger partial charge in [-0.2, -0.15) is 5.10 Å². The average Bonchev–Trinajstić information content (AvgIpc) is 2.95. The maximum absolute atomic E-state index is 12.5. The molecule has 1 aromatic heterocycles. The summed E-state index contributed by atoms with van der Waals surface area (Å²) in [6.07, 6.45) is 4.51. The van der Waals surface area contributed by atoms with Crippen molar-refractivity contribution in [1.29, 1.82) is 0 Å². The van der Waals surface area contributed by atoms with Gasteiger partial charge in [0.25, 0.3) is 5.91 Å². The van der Waals surface area contributed by atoms with E-state index < -0.39 is 0 Å². The molecule has 0 bridgehead atoms. The van der Waals surface area contributed by atoms with Crippen molar-refractivity contribution in [3.63, 3.8) is 0 Å². The van der Waals surface area contributed by atoms with Crippen molar-refractivity contribution < 1.29 is 9.90 Å². The van der Waals surface area contributed by atoms with E-state index in [2.05, 4.69) is 17.3 Å². The molecule has 0 aliphatic rings. The van der Waals surface area contributed by atoms with Crippen LogP contribution < -0.4 is 5.32 Å². The first-order chi connectivity index (χ1) is 11.2. The van der Waals surface area contributed by atoms with Crippen LogP contribution >= 0.6 is 0 Å². The number of benzene rings is 1. The predicted octanol–water partition coefficient (Wildman–Crippen LogP) is 2.62. The molecule has 2 rings (SSSR count). The number of hydrogen-bond acceptors (Lipinski definition) is 3. The summed E-state index contributed by atoms with van der Waals surface area (Å²) in [5.74, 6) is 0.196. The Morgan fingerprint density at radius 2 is 2.04 bits per heavy atom. The van der Waals surface area contributed by atoms with Crippen LogP contribution in [0.1, 0.15) is 36.5 Å². The number of rotatable bonds is 8. The number of amides is 1. The van der Waals surface area contributed by atoms with Crippen molar-refractivity contribution in [2.75, 3.05) is 13.2 Å². The Bertz CT molecular complexity index is 616. The van der Waals surface area contributed by atoms with Crippen molar-refractivity contribution in [2.45, 2.75) is 26.2 Å². The first kappa shape index (κ1) is 17.2. The fourth-order valence-electron chi connectivity index (χ4n) is 2.74. The van der Waals surface area contributed by atoms with Crippen molar-refractivity contribution in [1.82, 2.24) is 15.1 Å². The first-order valence-electron chi connectivity index (χ1n) is 8.13. The molecule has 0 saturated carbocycles. The highest BCUT2D eigenvalue weighted by molar-refractivity contribution is 5.99. The van der Waals surface area contributed by atoms with Crippen molar-refractivity contribution in [2.24, 2.45) is 13.0 Å². The van der Waals surface area contributed by atoms with Gasteiger partial charge in [-0.1, -0.05) is 43.7 Å². The smallest absolute Gasteiger partial charge is 0.255 e. The Balaban J connectivity index is 2.11. The quantitative estimate of drug-likeness (QED) is 0.787. The van der Waals surface area contributed by atoms with Crippen LogP contribution in [0.4, 0.5) is 0 Å². The van der Waals surface area contributed by atoms with Gasteiger partial charge in [-0.15, -0.1) is 0 Å². The van der Waals surface area contributed by atoms with Gasteiger partial charge in [0.1, 0.15) is 5.69 Å². The molecule has 5 nitrogen and oxygen atoms in total. The van der Waals surface area contributed by atoms with E-state index in [-0.39, 0.29) is 12.5 Å². The molecular weight excluding hydrogens is 290 g/mol. The van der Waals surface area contributed by atoms with E-state index in [1.165, 1.54) is 0 Å². The third-order valence-electron chi connectivity index (χ3n) is 3.91. The Labute approximate surface area is 137 Å². The third kappa shape index (κ3) is 4.66. The molecule has 0 saturated heterocycles. The number of hydrogen-bond donors (Lipinski definition) is 2. The number of carbonyl (C=O) groups is 1. The molecule has 23 heavy (non-hydrogen) atoms. The summed E-state index contributed by atoms with van der Waals surface area (Å²) in [6, 6.07) is 9.71. The van der Waals surface area contributed by atoms with E-state index in [1.807, 2.05) is 37.4 Å². The van der Waals surface area contributed by atoms with Crippen LogP contribution in [0, 0.1) is 5.92 Å². The van der Waals surface area contributed by atoms with E-state index >= 15 is 0 Å². The highest BCUT2D eigenvalue weighted by Gasteiger charge is 2.18. The molecule has 0 aliphatic heterocycles. The van der Waals surface area contributed by atoms with Crippen LogP contribution in [-0.4, -0.2) is 33.9 Å². The van der Waals surface area contributed by atoms with Gasteiger partial charge in [-0.3, -0.25) is 9.48 Å². The van der Waals surface area contributed by atoms with Gasteiger partial charge in [-0.05, 0) is 18.8 Å². The van der Waals surface area contributed by atoms with E-state index in [0.29, 0.717) is 30.1 Å². The lowest BCUT2D eigenvalue weighted by atomic mass is 10.00. The fraction of sp³-hybridized carbons (Fsp3) is 0.444. The lowest BCUT2D eigenvalue weighted by Crippen LogP contribution is -2.30. The van der Waals surface area contributed by atoms with Gasteiger partial charge in [0.05, 0.1) is 5.56 Å². The maximum atomic E-state index is 12.5. The summed E-state index contributed by atoms with van der Waals surface area (Å²) < 4.78 is 1.66. The van der Waals surface area contributed by atoms with E-state index in [0.717, 1.165) is 18.4 Å². The number of aromatic nitrogens is 2. The molecular formula is C18H25N3O2. The molecule has 1 heterocycles. The summed E-state index contributed by atoms with van der Waals surface area (Å²) >= 11 is 0. The molecule has 0 radical (unpaired) electrons. The maximum Gasteiger partial charge on any atom is 0.255 e. The standard InChI is InChI=1S/C18H25N3O2/c1-3-7-14(10-11-22)12-19-18(23)16-13-21(2)20-17(16)15-8-5-4-6-9-15/h4-6,8-9,13-14,22H,3,7,10-12H2,1-2H3,(H,19,23). The summed E-state index contributed by atoms with van der Waals surface area (Å²) in [7, 11) is 1.81. The summed E-state index contributed by atoms with van der Waals surface area (Å²) in [5.41, 5.74) is 2.21. The van der Waals surface area contributed by atoms with Gasteiger partial charge >= 0.3 is 0 Å². The van der Waals surface area contributed by atoms with Crippen LogP contribution in [0.25, 0.3) is 11.3 Å². The van der Waals surface area contributed by atoms with Gasteiger partial charge in [-0.25, -0.2) is 0 Å². The van der Waals surface area contributed by atoms with Gasteiger partial charge < -0.3 is 10.4 Å². The average molecular weight is 315 g/mol. The van der Waals surface area contributed by atoms with Crippen LogP contribution in [0.5, 0.6) is 0 Å². The Morgan fingerprint density at radius 3 is 2.70 bits per heavy atom. The zero-order chi connectivity index (χ0) is 16.7. The lowest BCUT2D eigenvalue weighted by Gasteiger charge is -2.15. The molecule has 1 amide bonds. The lowest BCUT2D eigenvalue weighted by molar-refractivity contribution is 0.0943. The van der Waals surface area contributed by atoms with E-state index in [4.69, 9.17) is 5.11 Å². The zero-order valence-corrected chi connectivity index (χ0v) is 13.8. The second kappa shape index (κ2) is 8.48. The largest absolute Gasteiger partial charge is 0.396 e. The molecule has 2 N–H and O–H groups in total. The second-order valence-corrected chi connectivity index (χ2v) is 5.81. The molecule has 1 aromatic carbocycles. The van der Waals surface area contributed by atoms with Crippen molar-refractivity contribution in [3.05, 3.63) is 42.1 Å². The monoisotopic (exact) mass is 315 g/mol. The number of nitrogens with zero attached hydrogens (tertiary/aromatic N) is 2. The Hall–Kier alpha value is -2.14. The SMILES string of the molecule is CCCC(CCO)CNC(=O)c1cn(C)nc1-c1ccccc1. The first-order valence-corrected chi connectivity index (χ1v) is 8.13. The van der Waals surface area contributed by atoms with Crippen molar-refractivity contribution >= 4 is 5.91 Å². The van der Waals surface area contributed by atoms with Gasteiger partial charge in [0, 0.05) is 32.0 Å². The normalized spacial score (nSPS) is 12.1. The summed E-state index contributed by atoms with van der Waals surface area (Å²) in [6.45, 7) is 2.85. The molecule has 1 unspecified atom stereocenters. The molecule has 0 fully saturated rings. The van der Waals surface area contributed by atoms with Crippen LogP contribution in [0.15, 0.2) is 36.5 Å². The topological polar surface area (TPSA) is 67.2 Å². The van der Waals surface area contributed by atoms with Crippen LogP contribution in [0.2, 0.25) is 0 Å². The number of aliphatic hydroxyl groups is 1. The number of aryl methyl sites for hydroxylation is 1. The van der Waals surface area contributed by atoms with Crippen LogP contribution in [-0.2, 0) is 7.05 Å². The summed E-state index contributed by atoms with van der Waals surface area (Å²) in [5, 5.41) is 16.5. The highest BCUT2D eigenvalue weighted by atomic mass is 16.3. The van der Waals surface area contributed by atoms with Gasteiger partial charge in [0.2, 0.25) is 0 Å². The third-order valence-corrected chi connectivity index (χ3v) is 3.91. The van der Waals surface area contributed by atoms with E-state index in [9.17, 15) is 4.79 Å². The van der Waals surface area contributed by atoms with Gasteiger partial charge in [0.15, 0.2) is 0 Å². The molecule has 5 heteroatoms. The molecule has 0 spiro atoms. The Kier molecular flexibility index (Phi) is 6.35. The molecule has 1 atom stereocenters. The van der Waals surface area contributed by atoms with Crippen LogP contribution in [0.3, 0.4) is 0 Å².